The van der Waals surface area contributed by atoms with Gasteiger partial charge in [-0.05, 0) is 12.8 Å². The van der Waals surface area contributed by atoms with Gasteiger partial charge >= 0.3 is 6.01 Å². The maximum absolute atomic E-state index is 10.4. The average Bonchev–Trinajstić information content (AvgIpc) is 2.39. The lowest BCUT2D eigenvalue weighted by Crippen LogP contribution is -2.39. The van der Waals surface area contributed by atoms with Crippen molar-refractivity contribution in [3.63, 3.8) is 0 Å². The van der Waals surface area contributed by atoms with E-state index in [4.69, 9.17) is 16.3 Å². The first-order valence-electron chi connectivity index (χ1n) is 6.16. The number of anilines is 1. The minimum Gasteiger partial charge on any atom is -0.467 e. The maximum atomic E-state index is 10.4. The summed E-state index contributed by atoms with van der Waals surface area (Å²) in [6.07, 6.45) is 6.46. The van der Waals surface area contributed by atoms with Gasteiger partial charge in [-0.15, -0.1) is 0 Å². The number of methoxy groups -OCH3 is 1. The van der Waals surface area contributed by atoms with Crippen LogP contribution in [0.25, 0.3) is 0 Å². The number of hydrogen-bond acceptors (Lipinski definition) is 5. The molecule has 0 atom stereocenters. The molecular weight excluding hydrogens is 254 g/mol. The molecule has 1 aromatic heterocycles. The van der Waals surface area contributed by atoms with Gasteiger partial charge in [-0.2, -0.15) is 4.98 Å². The van der Waals surface area contributed by atoms with Gasteiger partial charge in [0.2, 0.25) is 0 Å². The molecule has 1 heterocycles. The SMILES string of the molecule is COc1ncc(Cl)c(NCC2(O)CCCCC2)n1. The van der Waals surface area contributed by atoms with Crippen molar-refractivity contribution in [2.24, 2.45) is 0 Å². The Bertz CT molecular complexity index is 408. The Morgan fingerprint density at radius 1 is 1.44 bits per heavy atom. The fraction of sp³-hybridized carbons (Fsp3) is 0.667. The monoisotopic (exact) mass is 271 g/mol. The highest BCUT2D eigenvalue weighted by atomic mass is 35.5. The second-order valence-electron chi connectivity index (χ2n) is 4.69. The number of nitrogens with one attached hydrogen (secondary N) is 1. The van der Waals surface area contributed by atoms with Crippen molar-refractivity contribution >= 4 is 17.4 Å². The highest BCUT2D eigenvalue weighted by molar-refractivity contribution is 6.32. The van der Waals surface area contributed by atoms with Crippen LogP contribution in [0.15, 0.2) is 6.20 Å². The summed E-state index contributed by atoms with van der Waals surface area (Å²) in [5, 5.41) is 13.9. The van der Waals surface area contributed by atoms with Gasteiger partial charge in [-0.25, -0.2) is 4.98 Å². The van der Waals surface area contributed by atoms with Crippen LogP contribution in [0, 0.1) is 0 Å². The Labute approximate surface area is 112 Å². The average molecular weight is 272 g/mol. The van der Waals surface area contributed by atoms with Crippen molar-refractivity contribution in [1.82, 2.24) is 9.97 Å². The first-order chi connectivity index (χ1) is 8.63. The van der Waals surface area contributed by atoms with Crippen LogP contribution in [-0.4, -0.2) is 34.3 Å². The first-order valence-corrected chi connectivity index (χ1v) is 6.53. The minimum absolute atomic E-state index is 0.262. The van der Waals surface area contributed by atoms with Crippen LogP contribution in [-0.2, 0) is 0 Å². The van der Waals surface area contributed by atoms with Crippen molar-refractivity contribution in [1.29, 1.82) is 0 Å². The van der Waals surface area contributed by atoms with E-state index in [0.717, 1.165) is 25.7 Å². The molecule has 0 amide bonds. The second kappa shape index (κ2) is 5.71. The van der Waals surface area contributed by atoms with Crippen LogP contribution in [0.5, 0.6) is 6.01 Å². The number of aromatic nitrogens is 2. The molecule has 2 rings (SSSR count). The molecule has 0 spiro atoms. The maximum Gasteiger partial charge on any atom is 0.318 e. The number of nitrogens with zero attached hydrogens (tertiary/aromatic N) is 2. The molecule has 6 heteroatoms. The van der Waals surface area contributed by atoms with Gasteiger partial charge in [0.15, 0.2) is 5.82 Å². The lowest BCUT2D eigenvalue weighted by molar-refractivity contribution is 0.0166. The standard InChI is InChI=1S/C12H18ClN3O2/c1-18-11-14-7-9(13)10(16-11)15-8-12(17)5-3-2-4-6-12/h7,17H,2-6,8H2,1H3,(H,14,15,16). The van der Waals surface area contributed by atoms with Gasteiger partial charge < -0.3 is 15.2 Å². The summed E-state index contributed by atoms with van der Waals surface area (Å²) in [6.45, 7) is 0.451. The van der Waals surface area contributed by atoms with Gasteiger partial charge in [-0.3, -0.25) is 0 Å². The van der Waals surface area contributed by atoms with Crippen LogP contribution in [0.3, 0.4) is 0 Å². The van der Waals surface area contributed by atoms with Crippen LogP contribution in [0.2, 0.25) is 5.02 Å². The Kier molecular flexibility index (Phi) is 4.24. The number of halogens is 1. The lowest BCUT2D eigenvalue weighted by atomic mass is 9.85. The van der Waals surface area contributed by atoms with Crippen LogP contribution in [0.1, 0.15) is 32.1 Å². The zero-order chi connectivity index (χ0) is 13.0. The Balaban J connectivity index is 2.00. The molecule has 1 aromatic rings. The Morgan fingerprint density at radius 3 is 2.83 bits per heavy atom. The van der Waals surface area contributed by atoms with Gasteiger partial charge in [-0.1, -0.05) is 30.9 Å². The van der Waals surface area contributed by atoms with Crippen molar-refractivity contribution in [2.75, 3.05) is 19.0 Å². The van der Waals surface area contributed by atoms with Gasteiger partial charge in [0.25, 0.3) is 0 Å². The van der Waals surface area contributed by atoms with E-state index in [2.05, 4.69) is 15.3 Å². The molecule has 1 saturated carbocycles. The Morgan fingerprint density at radius 2 is 2.17 bits per heavy atom. The van der Waals surface area contributed by atoms with Crippen molar-refractivity contribution < 1.29 is 9.84 Å². The topological polar surface area (TPSA) is 67.3 Å². The summed E-state index contributed by atoms with van der Waals surface area (Å²) in [6, 6.07) is 0.262. The molecule has 100 valence electrons. The van der Waals surface area contributed by atoms with E-state index in [0.29, 0.717) is 17.4 Å². The van der Waals surface area contributed by atoms with Gasteiger partial charge in [0.1, 0.15) is 5.02 Å². The quantitative estimate of drug-likeness (QED) is 0.879. The minimum atomic E-state index is -0.653. The molecular formula is C12H18ClN3O2. The van der Waals surface area contributed by atoms with E-state index in [1.54, 1.807) is 0 Å². The molecule has 18 heavy (non-hydrogen) atoms. The van der Waals surface area contributed by atoms with E-state index in [9.17, 15) is 5.11 Å². The predicted octanol–water partition coefficient (Wildman–Crippen LogP) is 2.25. The summed E-state index contributed by atoms with van der Waals surface area (Å²) >= 11 is 5.99. The molecule has 0 bridgehead atoms. The van der Waals surface area contributed by atoms with E-state index in [1.165, 1.54) is 19.7 Å². The zero-order valence-electron chi connectivity index (χ0n) is 10.4. The van der Waals surface area contributed by atoms with Crippen molar-refractivity contribution in [2.45, 2.75) is 37.7 Å². The van der Waals surface area contributed by atoms with Crippen LogP contribution >= 0.6 is 11.6 Å². The lowest BCUT2D eigenvalue weighted by Gasteiger charge is -2.32. The number of aliphatic hydroxyl groups is 1. The second-order valence-corrected chi connectivity index (χ2v) is 5.10. The fourth-order valence-corrected chi connectivity index (χ4v) is 2.37. The van der Waals surface area contributed by atoms with Gasteiger partial charge in [0.05, 0.1) is 18.9 Å². The summed E-state index contributed by atoms with van der Waals surface area (Å²) in [4.78, 5) is 8.02. The number of hydrogen-bond donors (Lipinski definition) is 2. The molecule has 2 N–H and O–H groups in total. The van der Waals surface area contributed by atoms with Crippen LogP contribution < -0.4 is 10.1 Å². The van der Waals surface area contributed by atoms with E-state index in [1.807, 2.05) is 0 Å². The third-order valence-corrected chi connectivity index (χ3v) is 3.55. The molecule has 0 radical (unpaired) electrons. The molecule has 1 fully saturated rings. The smallest absolute Gasteiger partial charge is 0.318 e. The molecule has 0 aliphatic heterocycles. The summed E-state index contributed by atoms with van der Waals surface area (Å²) in [5.74, 6) is 0.502. The predicted molar refractivity (Wildman–Crippen MR) is 70.1 cm³/mol. The van der Waals surface area contributed by atoms with E-state index in [-0.39, 0.29) is 6.01 Å². The van der Waals surface area contributed by atoms with Gasteiger partial charge in [0, 0.05) is 6.54 Å². The third-order valence-electron chi connectivity index (χ3n) is 3.27. The highest BCUT2D eigenvalue weighted by Crippen LogP contribution is 2.29. The van der Waals surface area contributed by atoms with E-state index >= 15 is 0 Å². The zero-order valence-corrected chi connectivity index (χ0v) is 11.2. The highest BCUT2D eigenvalue weighted by Gasteiger charge is 2.29. The van der Waals surface area contributed by atoms with E-state index < -0.39 is 5.60 Å². The molecule has 0 aromatic carbocycles. The summed E-state index contributed by atoms with van der Waals surface area (Å²) in [7, 11) is 1.50. The first kappa shape index (κ1) is 13.4. The molecule has 0 unspecified atom stereocenters. The Hall–Kier alpha value is -1.07. The molecule has 1 aliphatic carbocycles. The van der Waals surface area contributed by atoms with Crippen LogP contribution in [0.4, 0.5) is 5.82 Å². The molecule has 5 nitrogen and oxygen atoms in total. The largest absolute Gasteiger partial charge is 0.467 e. The van der Waals surface area contributed by atoms with Crippen molar-refractivity contribution in [3.8, 4) is 6.01 Å². The number of rotatable bonds is 4. The number of ether oxygens (including phenoxy) is 1. The van der Waals surface area contributed by atoms with Crippen molar-refractivity contribution in [3.05, 3.63) is 11.2 Å². The summed E-state index contributed by atoms with van der Waals surface area (Å²) in [5.41, 5.74) is -0.653. The molecule has 1 aliphatic rings. The normalized spacial score (nSPS) is 18.4. The summed E-state index contributed by atoms with van der Waals surface area (Å²) < 4.78 is 4.94. The molecule has 0 saturated heterocycles. The fourth-order valence-electron chi connectivity index (χ4n) is 2.21. The third kappa shape index (κ3) is 3.23.